The van der Waals surface area contributed by atoms with E-state index in [1.54, 1.807) is 17.0 Å². The third-order valence-corrected chi connectivity index (χ3v) is 7.94. The molecule has 2 atom stereocenters. The molecule has 0 spiro atoms. The fraction of sp³-hybridized carbons (Fsp3) is 0.389. The zero-order chi connectivity index (χ0) is 18.1. The first-order valence-electron chi connectivity index (χ1n) is 8.47. The highest BCUT2D eigenvalue weighted by Gasteiger charge is 2.37. The Morgan fingerprint density at radius 1 is 1.12 bits per heavy atom. The van der Waals surface area contributed by atoms with E-state index in [0.29, 0.717) is 24.5 Å². The summed E-state index contributed by atoms with van der Waals surface area (Å²) in [5, 5.41) is 1.34. The maximum absolute atomic E-state index is 12.8. The largest absolute Gasteiger partial charge is 0.485 e. The van der Waals surface area contributed by atoms with Gasteiger partial charge in [-0.1, -0.05) is 18.2 Å². The molecule has 4 rings (SSSR count). The highest BCUT2D eigenvalue weighted by atomic mass is 32.2. The predicted molar refractivity (Wildman–Crippen MR) is 98.4 cm³/mol. The summed E-state index contributed by atoms with van der Waals surface area (Å²) in [5.74, 6) is 0.899. The van der Waals surface area contributed by atoms with Crippen LogP contribution in [0.2, 0.25) is 0 Å². The Kier molecular flexibility index (Phi) is 4.62. The number of carbonyl (C=O) groups excluding carboxylic acids is 1. The average Bonchev–Trinajstić information content (AvgIpc) is 3.12. The molecule has 2 aromatic rings. The molecule has 1 amide bonds. The molecule has 1 aromatic carbocycles. The molecule has 2 aliphatic rings. The van der Waals surface area contributed by atoms with E-state index in [-0.39, 0.29) is 24.8 Å². The van der Waals surface area contributed by atoms with Gasteiger partial charge in [0.2, 0.25) is 6.10 Å². The second-order valence-electron chi connectivity index (χ2n) is 6.35. The van der Waals surface area contributed by atoms with Crippen LogP contribution in [0.4, 0.5) is 0 Å². The number of hydrogen-bond donors (Lipinski definition) is 0. The number of para-hydroxylation sites is 2. The molecule has 6 nitrogen and oxygen atoms in total. The van der Waals surface area contributed by atoms with Crippen LogP contribution in [0.15, 0.2) is 41.8 Å². The lowest BCUT2D eigenvalue weighted by Gasteiger charge is -2.30. The molecular weight excluding hydrogens is 374 g/mol. The lowest BCUT2D eigenvalue weighted by Crippen LogP contribution is -2.47. The van der Waals surface area contributed by atoms with Gasteiger partial charge in [-0.3, -0.25) is 4.79 Å². The molecular formula is C18H19NO5S2. The van der Waals surface area contributed by atoms with Gasteiger partial charge < -0.3 is 14.4 Å². The number of benzene rings is 1. The van der Waals surface area contributed by atoms with Gasteiger partial charge in [0.15, 0.2) is 21.3 Å². The minimum absolute atomic E-state index is 0.0362. The molecule has 26 heavy (non-hydrogen) atoms. The van der Waals surface area contributed by atoms with E-state index in [2.05, 4.69) is 0 Å². The van der Waals surface area contributed by atoms with Gasteiger partial charge in [-0.05, 0) is 30.0 Å². The van der Waals surface area contributed by atoms with Crippen LogP contribution in [-0.4, -0.2) is 50.8 Å². The van der Waals surface area contributed by atoms with Crippen molar-refractivity contribution in [1.82, 2.24) is 4.90 Å². The molecule has 0 bridgehead atoms. The van der Waals surface area contributed by atoms with Crippen LogP contribution >= 0.6 is 11.3 Å². The molecule has 0 unspecified atom stereocenters. The first kappa shape index (κ1) is 17.4. The molecule has 3 heterocycles. The zero-order valence-corrected chi connectivity index (χ0v) is 15.7. The number of thiophene rings is 1. The summed E-state index contributed by atoms with van der Waals surface area (Å²) >= 11 is 1.44. The monoisotopic (exact) mass is 393 g/mol. The van der Waals surface area contributed by atoms with Gasteiger partial charge in [0, 0.05) is 18.0 Å². The normalized spacial score (nSPS) is 24.7. The minimum Gasteiger partial charge on any atom is -0.485 e. The van der Waals surface area contributed by atoms with E-state index >= 15 is 0 Å². The van der Waals surface area contributed by atoms with Crippen LogP contribution in [0.5, 0.6) is 11.5 Å². The first-order chi connectivity index (χ1) is 12.5. The Morgan fingerprint density at radius 3 is 2.69 bits per heavy atom. The number of hydrogen-bond acceptors (Lipinski definition) is 6. The van der Waals surface area contributed by atoms with E-state index < -0.39 is 21.2 Å². The Hall–Kier alpha value is -2.06. The summed E-state index contributed by atoms with van der Waals surface area (Å²) < 4.78 is 36.6. The summed E-state index contributed by atoms with van der Waals surface area (Å²) in [6.07, 6.45) is -0.343. The highest BCUT2D eigenvalue weighted by Crippen LogP contribution is 2.34. The Morgan fingerprint density at radius 2 is 1.92 bits per heavy atom. The van der Waals surface area contributed by atoms with Gasteiger partial charge in [-0.25, -0.2) is 8.42 Å². The Labute approximate surface area is 156 Å². The Bertz CT molecular complexity index is 894. The van der Waals surface area contributed by atoms with E-state index in [1.807, 2.05) is 29.6 Å². The Balaban J connectivity index is 1.48. The van der Waals surface area contributed by atoms with Crippen molar-refractivity contribution in [2.24, 2.45) is 0 Å². The van der Waals surface area contributed by atoms with E-state index in [1.165, 1.54) is 11.3 Å². The third-order valence-electron chi connectivity index (χ3n) is 4.70. The molecule has 138 valence electrons. The lowest BCUT2D eigenvalue weighted by atomic mass is 10.2. The van der Waals surface area contributed by atoms with Crippen LogP contribution in [0.1, 0.15) is 16.5 Å². The van der Waals surface area contributed by atoms with Crippen LogP contribution in [0, 0.1) is 0 Å². The maximum atomic E-state index is 12.8. The van der Waals surface area contributed by atoms with Gasteiger partial charge in [-0.15, -0.1) is 11.3 Å². The molecule has 0 saturated carbocycles. The van der Waals surface area contributed by atoms with Crippen LogP contribution in [0.25, 0.3) is 0 Å². The maximum Gasteiger partial charge on any atom is 0.267 e. The second kappa shape index (κ2) is 6.92. The van der Waals surface area contributed by atoms with Crippen LogP contribution in [0.3, 0.4) is 0 Å². The fourth-order valence-electron chi connectivity index (χ4n) is 3.30. The van der Waals surface area contributed by atoms with E-state index in [9.17, 15) is 13.2 Å². The quantitative estimate of drug-likeness (QED) is 0.783. The van der Waals surface area contributed by atoms with E-state index in [4.69, 9.17) is 9.47 Å². The van der Waals surface area contributed by atoms with Crippen molar-refractivity contribution in [1.29, 1.82) is 0 Å². The van der Waals surface area contributed by atoms with Gasteiger partial charge in [0.25, 0.3) is 5.91 Å². The van der Waals surface area contributed by atoms with Crippen molar-refractivity contribution < 1.29 is 22.7 Å². The number of ether oxygens (including phenoxy) is 2. The van der Waals surface area contributed by atoms with Crippen LogP contribution < -0.4 is 9.47 Å². The summed E-state index contributed by atoms with van der Waals surface area (Å²) in [4.78, 5) is 15.3. The molecule has 0 radical (unpaired) electrons. The van der Waals surface area contributed by atoms with Crippen LogP contribution in [-0.2, 0) is 14.6 Å². The van der Waals surface area contributed by atoms with Gasteiger partial charge in [-0.2, -0.15) is 0 Å². The zero-order valence-electron chi connectivity index (χ0n) is 14.0. The van der Waals surface area contributed by atoms with Gasteiger partial charge >= 0.3 is 0 Å². The van der Waals surface area contributed by atoms with Crippen molar-refractivity contribution in [3.63, 3.8) is 0 Å². The molecule has 1 fully saturated rings. The number of nitrogens with zero attached hydrogens (tertiary/aromatic N) is 1. The molecule has 8 heteroatoms. The van der Waals surface area contributed by atoms with Crippen molar-refractivity contribution >= 4 is 27.1 Å². The fourth-order valence-corrected chi connectivity index (χ4v) is 6.31. The SMILES string of the molecule is O=C([C@@H]1COc2ccccc2O1)N1CC[C@H](c2cccs2)S(=O)(=O)CC1. The molecule has 1 aromatic heterocycles. The number of carbonyl (C=O) groups is 1. The average molecular weight is 393 g/mol. The predicted octanol–water partition coefficient (Wildman–Crippen LogP) is 2.28. The number of rotatable bonds is 2. The van der Waals surface area contributed by atoms with Crippen molar-refractivity contribution in [2.45, 2.75) is 17.8 Å². The van der Waals surface area contributed by atoms with Crippen molar-refractivity contribution in [3.05, 3.63) is 46.7 Å². The second-order valence-corrected chi connectivity index (χ2v) is 9.63. The van der Waals surface area contributed by atoms with Gasteiger partial charge in [0.05, 0.1) is 11.0 Å². The van der Waals surface area contributed by atoms with Crippen molar-refractivity contribution in [3.8, 4) is 11.5 Å². The number of sulfone groups is 1. The first-order valence-corrected chi connectivity index (χ1v) is 11.1. The topological polar surface area (TPSA) is 72.9 Å². The number of amides is 1. The number of fused-ring (bicyclic) bond motifs is 1. The molecule has 0 aliphatic carbocycles. The summed E-state index contributed by atoms with van der Waals surface area (Å²) in [5.41, 5.74) is 0. The summed E-state index contributed by atoms with van der Waals surface area (Å²) in [6.45, 7) is 0.708. The summed E-state index contributed by atoms with van der Waals surface area (Å²) in [7, 11) is -3.28. The standard InChI is InChI=1S/C18H19NO5S2/c20-18(15-12-23-13-4-1-2-5-14(13)24-15)19-8-7-17(16-6-3-10-25-16)26(21,22)11-9-19/h1-6,10,15,17H,7-9,11-12H2/t15-,17+/m0/s1. The highest BCUT2D eigenvalue weighted by molar-refractivity contribution is 7.91. The molecule has 1 saturated heterocycles. The molecule has 2 aliphatic heterocycles. The molecule has 0 N–H and O–H groups in total. The van der Waals surface area contributed by atoms with Crippen molar-refractivity contribution in [2.75, 3.05) is 25.4 Å². The third kappa shape index (κ3) is 3.31. The van der Waals surface area contributed by atoms with Gasteiger partial charge in [0.1, 0.15) is 6.61 Å². The minimum atomic E-state index is -3.28. The van der Waals surface area contributed by atoms with E-state index in [0.717, 1.165) is 4.88 Å². The smallest absolute Gasteiger partial charge is 0.267 e. The summed E-state index contributed by atoms with van der Waals surface area (Å²) in [6, 6.07) is 10.9. The lowest BCUT2D eigenvalue weighted by molar-refractivity contribution is -0.140.